The average molecular weight is 257 g/mol. The van der Waals surface area contributed by atoms with Crippen molar-refractivity contribution in [2.45, 2.75) is 58.0 Å². The lowest BCUT2D eigenvalue weighted by molar-refractivity contribution is -0.137. The lowest BCUT2D eigenvalue weighted by atomic mass is 10.1. The molecule has 0 aliphatic carbocycles. The van der Waals surface area contributed by atoms with Crippen LogP contribution in [0.25, 0.3) is 0 Å². The van der Waals surface area contributed by atoms with E-state index in [1.54, 1.807) is 0 Å². The summed E-state index contributed by atoms with van der Waals surface area (Å²) in [4.78, 5) is 12.9. The predicted molar refractivity (Wildman–Crippen MR) is 71.8 cm³/mol. The van der Waals surface area contributed by atoms with Gasteiger partial charge < -0.3 is 14.7 Å². The van der Waals surface area contributed by atoms with Crippen LogP contribution in [-0.2, 0) is 9.53 Å². The third-order valence-corrected chi connectivity index (χ3v) is 3.46. The highest BCUT2D eigenvalue weighted by Crippen LogP contribution is 2.14. The van der Waals surface area contributed by atoms with Crippen molar-refractivity contribution in [2.75, 3.05) is 26.2 Å². The minimum absolute atomic E-state index is 0.237. The Balaban J connectivity index is 2.23. The molecule has 1 fully saturated rings. The molecule has 4 heteroatoms. The maximum absolute atomic E-state index is 10.7. The second-order valence-corrected chi connectivity index (χ2v) is 5.14. The summed E-state index contributed by atoms with van der Waals surface area (Å²) in [6.07, 6.45) is 7.75. The Morgan fingerprint density at radius 2 is 2.17 bits per heavy atom. The number of unbranched alkanes of at least 4 members (excludes halogenated alkanes) is 3. The number of ether oxygens (including phenoxy) is 1. The standard InChI is InChI=1S/C14H27NO3/c1-2-3-4-5-9-15(10-8-14(16)17)12-13-7-6-11-18-13/h13H,2-12H2,1H3,(H,16,17). The molecule has 1 heterocycles. The third-order valence-electron chi connectivity index (χ3n) is 3.46. The van der Waals surface area contributed by atoms with E-state index in [1.807, 2.05) is 0 Å². The molecule has 106 valence electrons. The second-order valence-electron chi connectivity index (χ2n) is 5.14. The molecule has 0 saturated carbocycles. The number of hydrogen-bond acceptors (Lipinski definition) is 3. The Kier molecular flexibility index (Phi) is 8.01. The molecule has 1 aliphatic rings. The van der Waals surface area contributed by atoms with Crippen molar-refractivity contribution in [3.05, 3.63) is 0 Å². The first-order chi connectivity index (χ1) is 8.72. The Morgan fingerprint density at radius 3 is 2.78 bits per heavy atom. The van der Waals surface area contributed by atoms with Crippen molar-refractivity contribution in [3.63, 3.8) is 0 Å². The van der Waals surface area contributed by atoms with Crippen LogP contribution in [0.15, 0.2) is 0 Å². The van der Waals surface area contributed by atoms with Crippen LogP contribution in [0.3, 0.4) is 0 Å². The SMILES string of the molecule is CCCCCCN(CCC(=O)O)CC1CCCO1. The van der Waals surface area contributed by atoms with Gasteiger partial charge in [-0.1, -0.05) is 26.2 Å². The summed E-state index contributed by atoms with van der Waals surface area (Å²) in [6.45, 7) is 5.63. The fourth-order valence-electron chi connectivity index (χ4n) is 2.39. The van der Waals surface area contributed by atoms with Gasteiger partial charge in [0.15, 0.2) is 0 Å². The second kappa shape index (κ2) is 9.34. The Morgan fingerprint density at radius 1 is 1.33 bits per heavy atom. The number of carboxylic acids is 1. The molecular formula is C14H27NO3. The van der Waals surface area contributed by atoms with Crippen molar-refractivity contribution in [2.24, 2.45) is 0 Å². The van der Waals surface area contributed by atoms with Crippen LogP contribution in [0.2, 0.25) is 0 Å². The molecule has 1 atom stereocenters. The smallest absolute Gasteiger partial charge is 0.304 e. The van der Waals surface area contributed by atoms with Gasteiger partial charge in [-0.05, 0) is 25.8 Å². The van der Waals surface area contributed by atoms with Gasteiger partial charge in [-0.3, -0.25) is 4.79 Å². The molecule has 18 heavy (non-hydrogen) atoms. The topological polar surface area (TPSA) is 49.8 Å². The van der Waals surface area contributed by atoms with E-state index in [4.69, 9.17) is 9.84 Å². The highest BCUT2D eigenvalue weighted by molar-refractivity contribution is 5.66. The van der Waals surface area contributed by atoms with E-state index in [0.717, 1.165) is 32.5 Å². The maximum Gasteiger partial charge on any atom is 0.304 e. The molecule has 0 bridgehead atoms. The number of nitrogens with zero attached hydrogens (tertiary/aromatic N) is 1. The summed E-state index contributed by atoms with van der Waals surface area (Å²) in [5.41, 5.74) is 0. The number of carbonyl (C=O) groups is 1. The lowest BCUT2D eigenvalue weighted by Gasteiger charge is -2.24. The van der Waals surface area contributed by atoms with Crippen LogP contribution < -0.4 is 0 Å². The molecule has 1 rings (SSSR count). The van der Waals surface area contributed by atoms with Gasteiger partial charge in [0.2, 0.25) is 0 Å². The van der Waals surface area contributed by atoms with Gasteiger partial charge in [-0.25, -0.2) is 0 Å². The van der Waals surface area contributed by atoms with Crippen LogP contribution in [-0.4, -0.2) is 48.3 Å². The average Bonchev–Trinajstić information content (AvgIpc) is 2.84. The van der Waals surface area contributed by atoms with Crippen LogP contribution in [0, 0.1) is 0 Å². The van der Waals surface area contributed by atoms with E-state index in [9.17, 15) is 4.79 Å². The van der Waals surface area contributed by atoms with Crippen molar-refractivity contribution < 1.29 is 14.6 Å². The molecule has 4 nitrogen and oxygen atoms in total. The normalized spacial score (nSPS) is 19.6. The Hall–Kier alpha value is -0.610. The summed E-state index contributed by atoms with van der Waals surface area (Å²) in [5.74, 6) is -0.708. The highest BCUT2D eigenvalue weighted by Gasteiger charge is 2.19. The maximum atomic E-state index is 10.7. The first-order valence-electron chi connectivity index (χ1n) is 7.28. The number of hydrogen-bond donors (Lipinski definition) is 1. The van der Waals surface area contributed by atoms with E-state index >= 15 is 0 Å². The van der Waals surface area contributed by atoms with Gasteiger partial charge in [0.25, 0.3) is 0 Å². The van der Waals surface area contributed by atoms with E-state index in [1.165, 1.54) is 25.7 Å². The molecule has 0 aromatic carbocycles. The summed E-state index contributed by atoms with van der Waals surface area (Å²) in [5, 5.41) is 8.77. The molecule has 1 aliphatic heterocycles. The fourth-order valence-corrected chi connectivity index (χ4v) is 2.39. The molecule has 0 spiro atoms. The van der Waals surface area contributed by atoms with Gasteiger partial charge in [0.05, 0.1) is 12.5 Å². The van der Waals surface area contributed by atoms with Crippen LogP contribution in [0.1, 0.15) is 51.9 Å². The largest absolute Gasteiger partial charge is 0.481 e. The summed E-state index contributed by atoms with van der Waals surface area (Å²) in [7, 11) is 0. The quantitative estimate of drug-likeness (QED) is 0.611. The number of carboxylic acid groups (broad SMARTS) is 1. The first kappa shape index (κ1) is 15.4. The minimum Gasteiger partial charge on any atom is -0.481 e. The van der Waals surface area contributed by atoms with Gasteiger partial charge in [0, 0.05) is 19.7 Å². The molecule has 0 aromatic heterocycles. The van der Waals surface area contributed by atoms with Crippen LogP contribution >= 0.6 is 0 Å². The van der Waals surface area contributed by atoms with Crippen molar-refractivity contribution >= 4 is 5.97 Å². The van der Waals surface area contributed by atoms with E-state index in [-0.39, 0.29) is 6.42 Å². The van der Waals surface area contributed by atoms with Gasteiger partial charge in [-0.15, -0.1) is 0 Å². The predicted octanol–water partition coefficient (Wildman–Crippen LogP) is 2.52. The third kappa shape index (κ3) is 6.97. The van der Waals surface area contributed by atoms with Crippen LogP contribution in [0.4, 0.5) is 0 Å². The number of aliphatic carboxylic acids is 1. The molecule has 0 radical (unpaired) electrons. The van der Waals surface area contributed by atoms with E-state index in [2.05, 4.69) is 11.8 Å². The molecule has 0 aromatic rings. The zero-order valence-corrected chi connectivity index (χ0v) is 11.6. The highest BCUT2D eigenvalue weighted by atomic mass is 16.5. The molecule has 1 saturated heterocycles. The molecule has 1 unspecified atom stereocenters. The van der Waals surface area contributed by atoms with Crippen molar-refractivity contribution in [1.29, 1.82) is 0 Å². The van der Waals surface area contributed by atoms with Crippen molar-refractivity contribution in [1.82, 2.24) is 4.90 Å². The summed E-state index contributed by atoms with van der Waals surface area (Å²) in [6, 6.07) is 0. The van der Waals surface area contributed by atoms with Gasteiger partial charge >= 0.3 is 5.97 Å². The fraction of sp³-hybridized carbons (Fsp3) is 0.929. The zero-order chi connectivity index (χ0) is 13.2. The number of rotatable bonds is 10. The Bertz CT molecular complexity index is 227. The monoisotopic (exact) mass is 257 g/mol. The first-order valence-corrected chi connectivity index (χ1v) is 7.28. The van der Waals surface area contributed by atoms with E-state index < -0.39 is 5.97 Å². The minimum atomic E-state index is -0.708. The van der Waals surface area contributed by atoms with Crippen LogP contribution in [0.5, 0.6) is 0 Å². The van der Waals surface area contributed by atoms with Crippen molar-refractivity contribution in [3.8, 4) is 0 Å². The molecular weight excluding hydrogens is 230 g/mol. The molecule has 0 amide bonds. The lowest BCUT2D eigenvalue weighted by Crippen LogP contribution is -2.34. The molecule has 1 N–H and O–H groups in total. The summed E-state index contributed by atoms with van der Waals surface area (Å²) < 4.78 is 5.63. The van der Waals surface area contributed by atoms with E-state index in [0.29, 0.717) is 12.6 Å². The zero-order valence-electron chi connectivity index (χ0n) is 11.6. The van der Waals surface area contributed by atoms with Gasteiger partial charge in [-0.2, -0.15) is 0 Å². The Labute approximate surface area is 110 Å². The van der Waals surface area contributed by atoms with Gasteiger partial charge in [0.1, 0.15) is 0 Å². The summed E-state index contributed by atoms with van der Waals surface area (Å²) >= 11 is 0.